The minimum Gasteiger partial charge on any atom is -0.444 e. The first-order chi connectivity index (χ1) is 12.3. The lowest BCUT2D eigenvalue weighted by atomic mass is 10.2. The van der Waals surface area contributed by atoms with Crippen molar-refractivity contribution >= 4 is 23.0 Å². The smallest absolute Gasteiger partial charge is 0.410 e. The van der Waals surface area contributed by atoms with E-state index >= 15 is 0 Å². The number of rotatable bonds is 3. The van der Waals surface area contributed by atoms with Gasteiger partial charge in [-0.2, -0.15) is 15.4 Å². The third-order valence-electron chi connectivity index (χ3n) is 5.00. The Morgan fingerprint density at radius 1 is 1.23 bits per heavy atom. The molecule has 0 spiro atoms. The molecule has 1 unspecified atom stereocenters. The number of likely N-dealkylation sites (tertiary alicyclic amines) is 1. The maximum atomic E-state index is 12.4. The van der Waals surface area contributed by atoms with E-state index in [-0.39, 0.29) is 29.8 Å². The summed E-state index contributed by atoms with van der Waals surface area (Å²) >= 11 is 0. The van der Waals surface area contributed by atoms with E-state index in [0.717, 1.165) is 16.6 Å². The van der Waals surface area contributed by atoms with Gasteiger partial charge in [0.1, 0.15) is 16.6 Å². The van der Waals surface area contributed by atoms with Crippen molar-refractivity contribution in [2.75, 3.05) is 13.1 Å². The zero-order valence-electron chi connectivity index (χ0n) is 15.2. The van der Waals surface area contributed by atoms with E-state index < -0.39 is 5.60 Å². The first-order valence-electron chi connectivity index (χ1n) is 8.87. The van der Waals surface area contributed by atoms with Gasteiger partial charge in [0.05, 0.1) is 0 Å². The van der Waals surface area contributed by atoms with Crippen LogP contribution in [0.4, 0.5) is 4.79 Å². The molecule has 0 radical (unpaired) electrons. The highest BCUT2D eigenvalue weighted by atomic mass is 16.6. The molecule has 2 aromatic rings. The predicted octanol–water partition coefficient (Wildman–Crippen LogP) is 1.69. The van der Waals surface area contributed by atoms with Crippen LogP contribution in [0.3, 0.4) is 0 Å². The first-order valence-corrected chi connectivity index (χ1v) is 8.87. The molecule has 2 fully saturated rings. The van der Waals surface area contributed by atoms with Crippen LogP contribution in [0.2, 0.25) is 0 Å². The van der Waals surface area contributed by atoms with Crippen LogP contribution < -0.4 is 5.32 Å². The van der Waals surface area contributed by atoms with Crippen molar-refractivity contribution in [3.63, 3.8) is 0 Å². The summed E-state index contributed by atoms with van der Waals surface area (Å²) in [5.41, 5.74) is 2.08. The van der Waals surface area contributed by atoms with Gasteiger partial charge in [0.15, 0.2) is 0 Å². The maximum absolute atomic E-state index is 12.4. The number of aromatic nitrogens is 3. The van der Waals surface area contributed by atoms with Gasteiger partial charge in [0.25, 0.3) is 0 Å². The van der Waals surface area contributed by atoms with Gasteiger partial charge in [0, 0.05) is 25.6 Å². The lowest BCUT2D eigenvalue weighted by Gasteiger charge is -2.25. The van der Waals surface area contributed by atoms with Gasteiger partial charge in [-0.25, -0.2) is 4.79 Å². The molecule has 138 valence electrons. The summed E-state index contributed by atoms with van der Waals surface area (Å²) in [4.78, 5) is 26.2. The predicted molar refractivity (Wildman–Crippen MR) is 94.0 cm³/mol. The number of ether oxygens (including phenoxy) is 1. The molecule has 8 heteroatoms. The molecule has 26 heavy (non-hydrogen) atoms. The Kier molecular flexibility index (Phi) is 3.86. The van der Waals surface area contributed by atoms with Gasteiger partial charge in [-0.1, -0.05) is 6.07 Å². The normalized spacial score (nSPS) is 24.4. The molecule has 4 rings (SSSR count). The fourth-order valence-corrected chi connectivity index (χ4v) is 3.69. The standard InChI is InChI=1S/C18H23N5O3/c1-18(2,3)26-17(25)23-8-11-12(9-23)15(11)16(24)19-7-10-4-5-13-14(6-10)21-22-20-13/h4-6,11-12,15H,7-9H2,1-3H3,(H,19,24)(H,20,21,22)/t11-,12+,15?. The minimum atomic E-state index is -0.494. The summed E-state index contributed by atoms with van der Waals surface area (Å²) in [5.74, 6) is 0.564. The Labute approximate surface area is 151 Å². The topological polar surface area (TPSA) is 100 Å². The molecular weight excluding hydrogens is 334 g/mol. The second-order valence-electron chi connectivity index (χ2n) is 8.10. The number of nitrogens with zero attached hydrogens (tertiary/aromatic N) is 3. The van der Waals surface area contributed by atoms with Crippen molar-refractivity contribution in [3.05, 3.63) is 23.8 Å². The fraction of sp³-hybridized carbons (Fsp3) is 0.556. The largest absolute Gasteiger partial charge is 0.444 e. The number of hydrogen-bond donors (Lipinski definition) is 2. The van der Waals surface area contributed by atoms with Gasteiger partial charge in [0.2, 0.25) is 5.91 Å². The van der Waals surface area contributed by atoms with Crippen LogP contribution in [0, 0.1) is 17.8 Å². The number of carbonyl (C=O) groups is 2. The molecule has 1 aromatic heterocycles. The number of hydrogen-bond acceptors (Lipinski definition) is 5. The quantitative estimate of drug-likeness (QED) is 0.871. The molecule has 2 heterocycles. The number of benzene rings is 1. The number of aromatic amines is 1. The molecule has 8 nitrogen and oxygen atoms in total. The molecule has 2 N–H and O–H groups in total. The lowest BCUT2D eigenvalue weighted by Crippen LogP contribution is -2.38. The van der Waals surface area contributed by atoms with Gasteiger partial charge in [-0.05, 0) is 50.3 Å². The van der Waals surface area contributed by atoms with Gasteiger partial charge >= 0.3 is 6.09 Å². The number of piperidine rings is 1. The van der Waals surface area contributed by atoms with Crippen LogP contribution in [0.15, 0.2) is 18.2 Å². The molecule has 1 aromatic carbocycles. The van der Waals surface area contributed by atoms with Crippen LogP contribution in [0.1, 0.15) is 26.3 Å². The zero-order chi connectivity index (χ0) is 18.5. The number of amides is 2. The first kappa shape index (κ1) is 16.8. The van der Waals surface area contributed by atoms with E-state index in [1.165, 1.54) is 0 Å². The molecule has 2 amide bonds. The third kappa shape index (κ3) is 3.23. The molecule has 2 aliphatic rings. The highest BCUT2D eigenvalue weighted by molar-refractivity contribution is 5.83. The summed E-state index contributed by atoms with van der Waals surface area (Å²) in [5, 5.41) is 13.6. The number of nitrogens with one attached hydrogen (secondary N) is 2. The Balaban J connectivity index is 1.27. The monoisotopic (exact) mass is 357 g/mol. The highest BCUT2D eigenvalue weighted by Crippen LogP contribution is 2.52. The Hall–Kier alpha value is -2.64. The summed E-state index contributed by atoms with van der Waals surface area (Å²) in [6.45, 7) is 7.23. The zero-order valence-corrected chi connectivity index (χ0v) is 15.2. The van der Waals surface area contributed by atoms with E-state index in [1.807, 2.05) is 39.0 Å². The fourth-order valence-electron chi connectivity index (χ4n) is 3.69. The SMILES string of the molecule is CC(C)(C)OC(=O)N1C[C@@H]2C(C(=O)NCc3ccc4n[nH]nc4c3)[C@@H]2C1. The molecule has 1 saturated carbocycles. The average molecular weight is 357 g/mol. The van der Waals surface area contributed by atoms with Gasteiger partial charge < -0.3 is 15.0 Å². The Morgan fingerprint density at radius 2 is 1.92 bits per heavy atom. The third-order valence-corrected chi connectivity index (χ3v) is 5.00. The van der Waals surface area contributed by atoms with Crippen LogP contribution >= 0.6 is 0 Å². The lowest BCUT2D eigenvalue weighted by molar-refractivity contribution is -0.123. The van der Waals surface area contributed by atoms with Gasteiger partial charge in [-0.3, -0.25) is 4.79 Å². The molecular formula is C18H23N5O3. The van der Waals surface area contributed by atoms with Crippen LogP contribution in [0.5, 0.6) is 0 Å². The van der Waals surface area contributed by atoms with E-state index in [0.29, 0.717) is 19.6 Å². The van der Waals surface area contributed by atoms with E-state index in [4.69, 9.17) is 4.74 Å². The summed E-state index contributed by atoms with van der Waals surface area (Å²) in [6.07, 6.45) is -0.287. The van der Waals surface area contributed by atoms with Crippen molar-refractivity contribution in [1.82, 2.24) is 25.6 Å². The van der Waals surface area contributed by atoms with E-state index in [1.54, 1.807) is 4.90 Å². The molecule has 1 aliphatic heterocycles. The molecule has 3 atom stereocenters. The van der Waals surface area contributed by atoms with E-state index in [2.05, 4.69) is 20.7 Å². The average Bonchev–Trinajstić information content (AvgIpc) is 2.93. The number of fused-ring (bicyclic) bond motifs is 2. The van der Waals surface area contributed by atoms with E-state index in [9.17, 15) is 9.59 Å². The summed E-state index contributed by atoms with van der Waals surface area (Å²) < 4.78 is 5.39. The highest BCUT2D eigenvalue weighted by Gasteiger charge is 2.60. The van der Waals surface area contributed by atoms with Crippen molar-refractivity contribution < 1.29 is 14.3 Å². The van der Waals surface area contributed by atoms with Crippen molar-refractivity contribution in [1.29, 1.82) is 0 Å². The van der Waals surface area contributed by atoms with Crippen LogP contribution in [-0.2, 0) is 16.1 Å². The minimum absolute atomic E-state index is 0.00414. The molecule has 1 saturated heterocycles. The molecule has 0 bridgehead atoms. The van der Waals surface area contributed by atoms with Crippen molar-refractivity contribution in [3.8, 4) is 0 Å². The summed E-state index contributed by atoms with van der Waals surface area (Å²) in [6, 6.07) is 5.73. The second kappa shape index (κ2) is 5.96. The Morgan fingerprint density at radius 3 is 2.62 bits per heavy atom. The van der Waals surface area contributed by atoms with Gasteiger partial charge in [-0.15, -0.1) is 0 Å². The van der Waals surface area contributed by atoms with Crippen molar-refractivity contribution in [2.24, 2.45) is 17.8 Å². The Bertz CT molecular complexity index is 844. The van der Waals surface area contributed by atoms with Crippen LogP contribution in [-0.4, -0.2) is 51.0 Å². The number of carbonyl (C=O) groups excluding carboxylic acids is 2. The maximum Gasteiger partial charge on any atom is 0.410 e. The number of H-pyrrole nitrogens is 1. The van der Waals surface area contributed by atoms with Crippen LogP contribution in [0.25, 0.3) is 11.0 Å². The summed E-state index contributed by atoms with van der Waals surface area (Å²) in [7, 11) is 0. The second-order valence-corrected chi connectivity index (χ2v) is 8.10. The molecule has 1 aliphatic carbocycles. The van der Waals surface area contributed by atoms with Crippen molar-refractivity contribution in [2.45, 2.75) is 32.9 Å².